The lowest BCUT2D eigenvalue weighted by Gasteiger charge is -2.10. The Morgan fingerprint density at radius 2 is 2.14 bits per heavy atom. The van der Waals surface area contributed by atoms with Crippen LogP contribution in [0, 0.1) is 5.92 Å². The van der Waals surface area contributed by atoms with Crippen LogP contribution in [-0.4, -0.2) is 12.4 Å². The molecule has 0 N–H and O–H groups in total. The SMILES string of the molecule is COc1ccc(Br)c(CC(C)CBr)c1. The Balaban J connectivity index is 2.83. The standard InChI is InChI=1S/C11H14Br2O/c1-8(7-12)5-9-6-10(14-2)3-4-11(9)13/h3-4,6,8H,5,7H2,1-2H3. The van der Waals surface area contributed by atoms with Gasteiger partial charge >= 0.3 is 0 Å². The van der Waals surface area contributed by atoms with Crippen molar-refractivity contribution in [1.29, 1.82) is 0 Å². The van der Waals surface area contributed by atoms with Crippen LogP contribution in [0.1, 0.15) is 12.5 Å². The number of halogens is 2. The molecule has 0 saturated heterocycles. The molecule has 1 aromatic rings. The minimum Gasteiger partial charge on any atom is -0.497 e. The highest BCUT2D eigenvalue weighted by atomic mass is 79.9. The smallest absolute Gasteiger partial charge is 0.119 e. The fourth-order valence-corrected chi connectivity index (χ4v) is 1.90. The largest absolute Gasteiger partial charge is 0.497 e. The van der Waals surface area contributed by atoms with Gasteiger partial charge in [0.25, 0.3) is 0 Å². The fraction of sp³-hybridized carbons (Fsp3) is 0.455. The summed E-state index contributed by atoms with van der Waals surface area (Å²) in [5, 5.41) is 1.02. The Morgan fingerprint density at radius 1 is 1.43 bits per heavy atom. The van der Waals surface area contributed by atoms with Crippen LogP contribution < -0.4 is 4.74 Å². The quantitative estimate of drug-likeness (QED) is 0.761. The van der Waals surface area contributed by atoms with Crippen LogP contribution in [0.15, 0.2) is 22.7 Å². The maximum absolute atomic E-state index is 5.19. The molecule has 14 heavy (non-hydrogen) atoms. The van der Waals surface area contributed by atoms with Gasteiger partial charge < -0.3 is 4.74 Å². The van der Waals surface area contributed by atoms with Gasteiger partial charge in [-0.15, -0.1) is 0 Å². The number of benzene rings is 1. The minimum atomic E-state index is 0.637. The third-order valence-electron chi connectivity index (χ3n) is 2.08. The summed E-state index contributed by atoms with van der Waals surface area (Å²) in [4.78, 5) is 0. The summed E-state index contributed by atoms with van der Waals surface area (Å²) >= 11 is 7.03. The summed E-state index contributed by atoms with van der Waals surface area (Å²) in [6.45, 7) is 2.22. The normalized spacial score (nSPS) is 12.6. The van der Waals surface area contributed by atoms with Crippen molar-refractivity contribution in [3.05, 3.63) is 28.2 Å². The van der Waals surface area contributed by atoms with E-state index in [1.807, 2.05) is 12.1 Å². The molecule has 3 heteroatoms. The lowest BCUT2D eigenvalue weighted by atomic mass is 10.0. The molecule has 0 heterocycles. The third kappa shape index (κ3) is 3.28. The molecule has 1 nitrogen and oxygen atoms in total. The Morgan fingerprint density at radius 3 is 2.71 bits per heavy atom. The summed E-state index contributed by atoms with van der Waals surface area (Å²) in [6, 6.07) is 6.09. The number of hydrogen-bond donors (Lipinski definition) is 0. The monoisotopic (exact) mass is 320 g/mol. The van der Waals surface area contributed by atoms with E-state index < -0.39 is 0 Å². The van der Waals surface area contributed by atoms with E-state index in [0.717, 1.165) is 22.0 Å². The highest BCUT2D eigenvalue weighted by Gasteiger charge is 2.06. The van der Waals surface area contributed by atoms with Crippen molar-refractivity contribution in [2.75, 3.05) is 12.4 Å². The molecule has 0 aliphatic rings. The van der Waals surface area contributed by atoms with E-state index in [4.69, 9.17) is 4.74 Å². The van der Waals surface area contributed by atoms with E-state index >= 15 is 0 Å². The van der Waals surface area contributed by atoms with Crippen LogP contribution >= 0.6 is 31.9 Å². The number of rotatable bonds is 4. The second kappa shape index (κ2) is 5.76. The van der Waals surface area contributed by atoms with Crippen molar-refractivity contribution in [3.63, 3.8) is 0 Å². The highest BCUT2D eigenvalue weighted by molar-refractivity contribution is 9.10. The van der Waals surface area contributed by atoms with Gasteiger partial charge in [0.05, 0.1) is 7.11 Å². The average Bonchev–Trinajstić information content (AvgIpc) is 2.21. The molecule has 1 rings (SSSR count). The zero-order valence-corrected chi connectivity index (χ0v) is 11.6. The molecule has 1 unspecified atom stereocenters. The predicted molar refractivity (Wildman–Crippen MR) is 67.4 cm³/mol. The van der Waals surface area contributed by atoms with Gasteiger partial charge in [-0.05, 0) is 36.1 Å². The Bertz CT molecular complexity index is 299. The van der Waals surface area contributed by atoms with Gasteiger partial charge in [-0.2, -0.15) is 0 Å². The number of alkyl halides is 1. The second-order valence-electron chi connectivity index (χ2n) is 3.42. The van der Waals surface area contributed by atoms with Crippen LogP contribution in [-0.2, 0) is 6.42 Å². The summed E-state index contributed by atoms with van der Waals surface area (Å²) in [7, 11) is 1.70. The average molecular weight is 322 g/mol. The maximum Gasteiger partial charge on any atom is 0.119 e. The predicted octanol–water partition coefficient (Wildman–Crippen LogP) is 4.03. The van der Waals surface area contributed by atoms with Crippen LogP contribution in [0.4, 0.5) is 0 Å². The van der Waals surface area contributed by atoms with Crippen molar-refractivity contribution >= 4 is 31.9 Å². The van der Waals surface area contributed by atoms with Crippen LogP contribution in [0.2, 0.25) is 0 Å². The van der Waals surface area contributed by atoms with Gasteiger partial charge in [0.2, 0.25) is 0 Å². The van der Waals surface area contributed by atoms with Gasteiger partial charge in [-0.1, -0.05) is 38.8 Å². The van der Waals surface area contributed by atoms with E-state index in [-0.39, 0.29) is 0 Å². The van der Waals surface area contributed by atoms with Gasteiger partial charge in [0, 0.05) is 9.80 Å². The first-order valence-electron chi connectivity index (χ1n) is 4.55. The molecule has 0 radical (unpaired) electrons. The van der Waals surface area contributed by atoms with E-state index in [9.17, 15) is 0 Å². The van der Waals surface area contributed by atoms with Crippen molar-refractivity contribution in [2.24, 2.45) is 5.92 Å². The summed E-state index contributed by atoms with van der Waals surface area (Å²) in [5.41, 5.74) is 1.30. The first-order chi connectivity index (χ1) is 6.67. The van der Waals surface area contributed by atoms with E-state index in [0.29, 0.717) is 5.92 Å². The molecule has 78 valence electrons. The Kier molecular flexibility index (Phi) is 4.96. The van der Waals surface area contributed by atoms with Crippen molar-refractivity contribution in [1.82, 2.24) is 0 Å². The highest BCUT2D eigenvalue weighted by Crippen LogP contribution is 2.25. The van der Waals surface area contributed by atoms with Crippen LogP contribution in [0.5, 0.6) is 5.75 Å². The number of hydrogen-bond acceptors (Lipinski definition) is 1. The Hall–Kier alpha value is -0.0200. The van der Waals surface area contributed by atoms with Gasteiger partial charge in [0.1, 0.15) is 5.75 Å². The minimum absolute atomic E-state index is 0.637. The van der Waals surface area contributed by atoms with Crippen molar-refractivity contribution < 1.29 is 4.74 Å². The molecule has 1 aromatic carbocycles. The summed E-state index contributed by atoms with van der Waals surface area (Å²) in [6.07, 6.45) is 1.06. The lowest BCUT2D eigenvalue weighted by Crippen LogP contribution is -2.01. The topological polar surface area (TPSA) is 9.23 Å². The fourth-order valence-electron chi connectivity index (χ4n) is 1.26. The first kappa shape index (κ1) is 12.1. The lowest BCUT2D eigenvalue weighted by molar-refractivity contribution is 0.414. The molecule has 1 atom stereocenters. The summed E-state index contributed by atoms with van der Waals surface area (Å²) in [5.74, 6) is 1.56. The van der Waals surface area contributed by atoms with Gasteiger partial charge in [-0.3, -0.25) is 0 Å². The molecule has 0 aliphatic heterocycles. The molecule has 0 saturated carbocycles. The molecule has 0 aliphatic carbocycles. The van der Waals surface area contributed by atoms with Gasteiger partial charge in [-0.25, -0.2) is 0 Å². The molecular formula is C11H14Br2O. The molecular weight excluding hydrogens is 308 g/mol. The van der Waals surface area contributed by atoms with Crippen LogP contribution in [0.25, 0.3) is 0 Å². The molecule has 0 spiro atoms. The van der Waals surface area contributed by atoms with E-state index in [1.165, 1.54) is 5.56 Å². The molecule has 0 fully saturated rings. The zero-order chi connectivity index (χ0) is 10.6. The summed E-state index contributed by atoms with van der Waals surface area (Å²) < 4.78 is 6.35. The van der Waals surface area contributed by atoms with Crippen molar-refractivity contribution in [3.8, 4) is 5.75 Å². The molecule has 0 bridgehead atoms. The van der Waals surface area contributed by atoms with Gasteiger partial charge in [0.15, 0.2) is 0 Å². The van der Waals surface area contributed by atoms with Crippen LogP contribution in [0.3, 0.4) is 0 Å². The molecule has 0 aromatic heterocycles. The maximum atomic E-state index is 5.19. The number of ether oxygens (including phenoxy) is 1. The first-order valence-corrected chi connectivity index (χ1v) is 6.47. The zero-order valence-electron chi connectivity index (χ0n) is 8.39. The second-order valence-corrected chi connectivity index (χ2v) is 4.92. The molecule has 0 amide bonds. The van der Waals surface area contributed by atoms with Crippen molar-refractivity contribution in [2.45, 2.75) is 13.3 Å². The number of methoxy groups -OCH3 is 1. The van der Waals surface area contributed by atoms with E-state index in [2.05, 4.69) is 44.8 Å². The van der Waals surface area contributed by atoms with E-state index in [1.54, 1.807) is 7.11 Å². The third-order valence-corrected chi connectivity index (χ3v) is 3.96. The Labute approximate surface area is 102 Å².